The molecule has 1 aromatic heterocycles. The molecule has 0 bridgehead atoms. The van der Waals surface area contributed by atoms with Crippen LogP contribution >= 0.6 is 11.6 Å². The van der Waals surface area contributed by atoms with Gasteiger partial charge in [-0.2, -0.15) is 4.68 Å². The van der Waals surface area contributed by atoms with E-state index in [1.54, 1.807) is 48.5 Å². The average Bonchev–Trinajstić information content (AvgIpc) is 2.91. The molecule has 3 rings (SSSR count). The zero-order chi connectivity index (χ0) is 15.5. The smallest absolute Gasteiger partial charge is 0.444 e. The van der Waals surface area contributed by atoms with Gasteiger partial charge in [0.1, 0.15) is 11.5 Å². The number of rotatable bonds is 4. The molecule has 0 aliphatic heterocycles. The second-order valence-corrected chi connectivity index (χ2v) is 4.74. The van der Waals surface area contributed by atoms with Crippen LogP contribution in [0.5, 0.6) is 17.6 Å². The van der Waals surface area contributed by atoms with Crippen LogP contribution in [0.15, 0.2) is 57.7 Å². The van der Waals surface area contributed by atoms with Crippen molar-refractivity contribution in [3.63, 3.8) is 0 Å². The third kappa shape index (κ3) is 2.96. The third-order valence-electron chi connectivity index (χ3n) is 2.83. The van der Waals surface area contributed by atoms with Crippen LogP contribution in [-0.2, 0) is 0 Å². The van der Waals surface area contributed by atoms with Crippen LogP contribution in [0, 0.1) is 0 Å². The summed E-state index contributed by atoms with van der Waals surface area (Å²) in [5.41, 5.74) is 0.542. The molecule has 3 aromatic rings. The number of methoxy groups -OCH3 is 1. The average molecular weight is 319 g/mol. The Hall–Kier alpha value is -2.73. The van der Waals surface area contributed by atoms with Gasteiger partial charge in [-0.3, -0.25) is 0 Å². The van der Waals surface area contributed by atoms with Crippen molar-refractivity contribution in [2.75, 3.05) is 7.11 Å². The lowest BCUT2D eigenvalue weighted by Gasteiger charge is -2.06. The molecule has 0 atom stereocenters. The maximum Gasteiger partial charge on any atom is 0.444 e. The van der Waals surface area contributed by atoms with Gasteiger partial charge in [-0.25, -0.2) is 4.79 Å². The first kappa shape index (κ1) is 14.2. The molecule has 2 aromatic carbocycles. The highest BCUT2D eigenvalue weighted by molar-refractivity contribution is 6.30. The molecular weight excluding hydrogens is 308 g/mol. The fourth-order valence-electron chi connectivity index (χ4n) is 1.80. The van der Waals surface area contributed by atoms with Crippen LogP contribution in [0.3, 0.4) is 0 Å². The van der Waals surface area contributed by atoms with Crippen molar-refractivity contribution in [1.29, 1.82) is 0 Å². The summed E-state index contributed by atoms with van der Waals surface area (Å²) >= 11 is 5.82. The number of halogens is 1. The van der Waals surface area contributed by atoms with Crippen LogP contribution in [-0.4, -0.2) is 16.9 Å². The van der Waals surface area contributed by atoms with E-state index in [0.29, 0.717) is 22.2 Å². The van der Waals surface area contributed by atoms with Crippen molar-refractivity contribution < 1.29 is 13.9 Å². The van der Waals surface area contributed by atoms with Crippen LogP contribution in [0.2, 0.25) is 5.02 Å². The summed E-state index contributed by atoms with van der Waals surface area (Å²) in [5, 5.41) is 4.52. The van der Waals surface area contributed by atoms with Crippen LogP contribution in [0.4, 0.5) is 0 Å². The minimum Gasteiger partial charge on any atom is -0.457 e. The quantitative estimate of drug-likeness (QED) is 0.738. The van der Waals surface area contributed by atoms with Crippen molar-refractivity contribution in [1.82, 2.24) is 9.78 Å². The summed E-state index contributed by atoms with van der Waals surface area (Å²) in [6.45, 7) is 0. The van der Waals surface area contributed by atoms with Crippen LogP contribution < -0.4 is 15.2 Å². The summed E-state index contributed by atoms with van der Waals surface area (Å²) in [5.74, 6) is 0.662. The first-order valence-electron chi connectivity index (χ1n) is 6.34. The molecule has 0 saturated heterocycles. The van der Waals surface area contributed by atoms with E-state index in [1.807, 2.05) is 0 Å². The number of hydrogen-bond donors (Lipinski definition) is 0. The minimum absolute atomic E-state index is 0.0912. The van der Waals surface area contributed by atoms with Gasteiger partial charge in [0, 0.05) is 5.02 Å². The van der Waals surface area contributed by atoms with Gasteiger partial charge in [-0.05, 0) is 48.5 Å². The maximum atomic E-state index is 11.6. The molecule has 22 heavy (non-hydrogen) atoms. The van der Waals surface area contributed by atoms with E-state index in [0.717, 1.165) is 4.68 Å². The molecule has 1 heterocycles. The topological polar surface area (TPSA) is 66.5 Å². The van der Waals surface area contributed by atoms with E-state index in [2.05, 4.69) is 5.10 Å². The number of hydrogen-bond acceptors (Lipinski definition) is 5. The number of ether oxygens (including phenoxy) is 2. The summed E-state index contributed by atoms with van der Waals surface area (Å²) < 4.78 is 16.3. The van der Waals surface area contributed by atoms with E-state index in [-0.39, 0.29) is 6.08 Å². The monoisotopic (exact) mass is 318 g/mol. The second-order valence-electron chi connectivity index (χ2n) is 4.30. The molecule has 0 radical (unpaired) electrons. The molecule has 0 spiro atoms. The zero-order valence-electron chi connectivity index (χ0n) is 11.5. The Morgan fingerprint density at radius 1 is 1.05 bits per heavy atom. The molecule has 0 N–H and O–H groups in total. The highest BCUT2D eigenvalue weighted by Gasteiger charge is 2.10. The molecular formula is C15H11ClN2O4. The second kappa shape index (κ2) is 5.95. The van der Waals surface area contributed by atoms with Gasteiger partial charge in [0.2, 0.25) is 0 Å². The van der Waals surface area contributed by atoms with E-state index in [4.69, 9.17) is 25.5 Å². The predicted molar refractivity (Wildman–Crippen MR) is 80.2 cm³/mol. The molecule has 0 aliphatic rings. The van der Waals surface area contributed by atoms with Crippen molar-refractivity contribution in [3.8, 4) is 23.3 Å². The molecule has 6 nitrogen and oxygen atoms in total. The Bertz CT molecular complexity index is 822. The molecule has 0 amide bonds. The Labute approximate surface area is 130 Å². The first-order valence-corrected chi connectivity index (χ1v) is 6.71. The largest absolute Gasteiger partial charge is 0.457 e. The van der Waals surface area contributed by atoms with Gasteiger partial charge >= 0.3 is 11.8 Å². The van der Waals surface area contributed by atoms with Crippen molar-refractivity contribution in [3.05, 3.63) is 64.1 Å². The van der Waals surface area contributed by atoms with Gasteiger partial charge in [0.25, 0.3) is 0 Å². The third-order valence-corrected chi connectivity index (χ3v) is 3.09. The van der Waals surface area contributed by atoms with Crippen molar-refractivity contribution in [2.24, 2.45) is 0 Å². The molecule has 0 aliphatic carbocycles. The van der Waals surface area contributed by atoms with Gasteiger partial charge in [0.15, 0.2) is 0 Å². The van der Waals surface area contributed by atoms with Crippen LogP contribution in [0.1, 0.15) is 0 Å². The van der Waals surface area contributed by atoms with Gasteiger partial charge in [-0.1, -0.05) is 16.7 Å². The first-order chi connectivity index (χ1) is 10.7. The number of nitrogens with zero attached hydrogens (tertiary/aromatic N) is 2. The predicted octanol–water partition coefficient (Wildman–Crippen LogP) is 3.28. The molecule has 7 heteroatoms. The molecule has 0 unspecified atom stereocenters. The lowest BCUT2D eigenvalue weighted by atomic mass is 10.3. The maximum absolute atomic E-state index is 11.6. The standard InChI is InChI=1S/C15H11ClN2O4/c1-20-14-17-18(15(19)22-14)11-4-8-13(9-5-11)21-12-6-2-10(16)3-7-12/h2-9H,1H3. The number of benzene rings is 2. The summed E-state index contributed by atoms with van der Waals surface area (Å²) in [6.07, 6.45) is -0.0912. The molecule has 112 valence electrons. The Morgan fingerprint density at radius 2 is 1.64 bits per heavy atom. The Balaban J connectivity index is 1.81. The number of aromatic nitrogens is 2. The summed E-state index contributed by atoms with van der Waals surface area (Å²) in [6, 6.07) is 13.8. The highest BCUT2D eigenvalue weighted by atomic mass is 35.5. The lowest BCUT2D eigenvalue weighted by Crippen LogP contribution is -2.13. The van der Waals surface area contributed by atoms with Gasteiger partial charge in [-0.15, -0.1) is 0 Å². The van der Waals surface area contributed by atoms with E-state index in [9.17, 15) is 4.79 Å². The van der Waals surface area contributed by atoms with E-state index < -0.39 is 5.76 Å². The normalized spacial score (nSPS) is 10.5. The highest BCUT2D eigenvalue weighted by Crippen LogP contribution is 2.23. The van der Waals surface area contributed by atoms with Crippen LogP contribution in [0.25, 0.3) is 5.69 Å². The van der Waals surface area contributed by atoms with E-state index >= 15 is 0 Å². The summed E-state index contributed by atoms with van der Waals surface area (Å²) in [7, 11) is 1.37. The van der Waals surface area contributed by atoms with Crippen molar-refractivity contribution in [2.45, 2.75) is 0 Å². The minimum atomic E-state index is -0.622. The fourth-order valence-corrected chi connectivity index (χ4v) is 1.93. The Morgan fingerprint density at radius 3 is 2.18 bits per heavy atom. The summed E-state index contributed by atoms with van der Waals surface area (Å²) in [4.78, 5) is 11.6. The molecule has 0 fully saturated rings. The fraction of sp³-hybridized carbons (Fsp3) is 0.0667. The van der Waals surface area contributed by atoms with Gasteiger partial charge < -0.3 is 13.9 Å². The van der Waals surface area contributed by atoms with Crippen molar-refractivity contribution >= 4 is 11.6 Å². The molecule has 0 saturated carbocycles. The SMILES string of the molecule is COc1nn(-c2ccc(Oc3ccc(Cl)cc3)cc2)c(=O)o1. The Kier molecular flexibility index (Phi) is 3.84. The van der Waals surface area contributed by atoms with E-state index in [1.165, 1.54) is 7.11 Å². The zero-order valence-corrected chi connectivity index (χ0v) is 12.3. The lowest BCUT2D eigenvalue weighted by molar-refractivity contribution is 0.282. The van der Waals surface area contributed by atoms with Gasteiger partial charge in [0.05, 0.1) is 12.8 Å².